The molecule has 10 heteroatoms. The first-order chi connectivity index (χ1) is 16.8. The summed E-state index contributed by atoms with van der Waals surface area (Å²) >= 11 is 24.4. The lowest BCUT2D eigenvalue weighted by Gasteiger charge is -2.17. The van der Waals surface area contributed by atoms with Gasteiger partial charge in [0, 0.05) is 17.8 Å². The molecule has 3 aromatic carbocycles. The summed E-state index contributed by atoms with van der Waals surface area (Å²) in [5.41, 5.74) is 1.79. The molecule has 1 aliphatic heterocycles. The zero-order chi connectivity index (χ0) is 25.1. The first-order valence-electron chi connectivity index (χ1n) is 10.4. The normalized spacial score (nSPS) is 13.4. The van der Waals surface area contributed by atoms with E-state index in [1.807, 2.05) is 30.3 Å². The highest BCUT2D eigenvalue weighted by Crippen LogP contribution is 2.38. The van der Waals surface area contributed by atoms with Gasteiger partial charge in [-0.1, -0.05) is 82.8 Å². The van der Waals surface area contributed by atoms with Crippen molar-refractivity contribution in [1.82, 2.24) is 5.32 Å². The molecule has 6 nitrogen and oxygen atoms in total. The summed E-state index contributed by atoms with van der Waals surface area (Å²) in [4.78, 5) is 39.2. The maximum atomic E-state index is 13.1. The van der Waals surface area contributed by atoms with Gasteiger partial charge >= 0.3 is 0 Å². The topological polar surface area (TPSA) is 78.5 Å². The van der Waals surface area contributed by atoms with Crippen LogP contribution in [0.1, 0.15) is 15.9 Å². The molecule has 1 heterocycles. The van der Waals surface area contributed by atoms with E-state index in [1.54, 1.807) is 24.3 Å². The van der Waals surface area contributed by atoms with E-state index < -0.39 is 11.8 Å². The molecule has 0 fully saturated rings. The largest absolute Gasteiger partial charge is 0.352 e. The standard InChI is InChI=1S/C25H17Cl4N3O3/c26-17-12-19(28)20(13-18(17)27)32-24(34)21(29)22(25(32)35)31-16-8-4-7-15(11-16)23(33)30-10-9-14-5-2-1-3-6-14/h1-8,11-13,31H,9-10H2,(H,30,33). The summed E-state index contributed by atoms with van der Waals surface area (Å²) in [7, 11) is 0. The van der Waals surface area contributed by atoms with Gasteiger partial charge in [-0.15, -0.1) is 0 Å². The lowest BCUT2D eigenvalue weighted by Crippen LogP contribution is -2.32. The number of anilines is 2. The monoisotopic (exact) mass is 547 g/mol. The summed E-state index contributed by atoms with van der Waals surface area (Å²) in [6.07, 6.45) is 0.691. The molecule has 0 unspecified atom stereocenters. The van der Waals surface area contributed by atoms with Gasteiger partial charge in [0.05, 0.1) is 20.8 Å². The quantitative estimate of drug-likeness (QED) is 0.278. The molecule has 0 saturated heterocycles. The molecule has 1 aliphatic rings. The Hall–Kier alpha value is -3.03. The molecular formula is C25H17Cl4N3O3. The minimum atomic E-state index is -0.769. The Labute approximate surface area is 221 Å². The highest BCUT2D eigenvalue weighted by atomic mass is 35.5. The van der Waals surface area contributed by atoms with Crippen LogP contribution < -0.4 is 15.5 Å². The van der Waals surface area contributed by atoms with Gasteiger partial charge in [0.1, 0.15) is 10.7 Å². The molecule has 3 amide bonds. The van der Waals surface area contributed by atoms with Crippen molar-refractivity contribution in [3.63, 3.8) is 0 Å². The highest BCUT2D eigenvalue weighted by Gasteiger charge is 2.40. The number of halogens is 4. The molecule has 2 N–H and O–H groups in total. The van der Waals surface area contributed by atoms with E-state index in [1.165, 1.54) is 12.1 Å². The molecule has 0 aromatic heterocycles. The van der Waals surface area contributed by atoms with Crippen LogP contribution in [0.25, 0.3) is 0 Å². The second-order valence-electron chi connectivity index (χ2n) is 7.55. The zero-order valence-corrected chi connectivity index (χ0v) is 21.0. The van der Waals surface area contributed by atoms with E-state index in [0.717, 1.165) is 10.5 Å². The maximum Gasteiger partial charge on any atom is 0.283 e. The Morgan fingerprint density at radius 2 is 1.51 bits per heavy atom. The van der Waals surface area contributed by atoms with E-state index in [9.17, 15) is 14.4 Å². The molecule has 0 bridgehead atoms. The number of rotatable bonds is 7. The van der Waals surface area contributed by atoms with E-state index in [2.05, 4.69) is 10.6 Å². The zero-order valence-electron chi connectivity index (χ0n) is 17.9. The Bertz CT molecular complexity index is 1360. The van der Waals surface area contributed by atoms with Crippen LogP contribution in [0.3, 0.4) is 0 Å². The van der Waals surface area contributed by atoms with Crippen molar-refractivity contribution in [1.29, 1.82) is 0 Å². The minimum Gasteiger partial charge on any atom is -0.352 e. The van der Waals surface area contributed by atoms with Gasteiger partial charge in [-0.05, 0) is 42.3 Å². The first-order valence-corrected chi connectivity index (χ1v) is 11.9. The summed E-state index contributed by atoms with van der Waals surface area (Å²) in [5, 5.41) is 5.74. The van der Waals surface area contributed by atoms with Crippen LogP contribution in [0.2, 0.25) is 15.1 Å². The number of nitrogens with one attached hydrogen (secondary N) is 2. The number of carbonyl (C=O) groups excluding carboxylic acids is 3. The van der Waals surface area contributed by atoms with Crippen molar-refractivity contribution in [3.05, 3.63) is 104 Å². The first kappa shape index (κ1) is 25.1. The molecule has 0 atom stereocenters. The van der Waals surface area contributed by atoms with E-state index in [0.29, 0.717) is 24.2 Å². The molecule has 35 heavy (non-hydrogen) atoms. The van der Waals surface area contributed by atoms with Crippen molar-refractivity contribution < 1.29 is 14.4 Å². The third-order valence-corrected chi connectivity index (χ3v) is 6.57. The number of carbonyl (C=O) groups is 3. The fourth-order valence-electron chi connectivity index (χ4n) is 3.46. The van der Waals surface area contributed by atoms with Crippen LogP contribution in [0.15, 0.2) is 77.5 Å². The van der Waals surface area contributed by atoms with E-state index in [-0.39, 0.29) is 37.4 Å². The van der Waals surface area contributed by atoms with Crippen molar-refractivity contribution in [2.24, 2.45) is 0 Å². The van der Waals surface area contributed by atoms with Crippen molar-refractivity contribution in [2.45, 2.75) is 6.42 Å². The summed E-state index contributed by atoms with van der Waals surface area (Å²) in [6, 6.07) is 18.9. The smallest absolute Gasteiger partial charge is 0.283 e. The Morgan fingerprint density at radius 3 is 2.26 bits per heavy atom. The predicted octanol–water partition coefficient (Wildman–Crippen LogP) is 6.06. The molecule has 0 spiro atoms. The van der Waals surface area contributed by atoms with Crippen LogP contribution in [-0.4, -0.2) is 24.3 Å². The van der Waals surface area contributed by atoms with Crippen LogP contribution in [0.5, 0.6) is 0 Å². The molecule has 0 saturated carbocycles. The number of hydrogen-bond donors (Lipinski definition) is 2. The second kappa shape index (κ2) is 10.7. The van der Waals surface area contributed by atoms with Gasteiger partial charge in [-0.2, -0.15) is 0 Å². The van der Waals surface area contributed by atoms with Crippen LogP contribution in [0, 0.1) is 0 Å². The summed E-state index contributed by atoms with van der Waals surface area (Å²) in [6.45, 7) is 0.462. The van der Waals surface area contributed by atoms with E-state index in [4.69, 9.17) is 46.4 Å². The fourth-order valence-corrected chi connectivity index (χ4v) is 4.30. The number of nitrogens with zero attached hydrogens (tertiary/aromatic N) is 1. The van der Waals surface area contributed by atoms with Crippen LogP contribution in [0.4, 0.5) is 11.4 Å². The number of imide groups is 1. The number of benzene rings is 3. The van der Waals surface area contributed by atoms with Gasteiger partial charge in [0.15, 0.2) is 0 Å². The highest BCUT2D eigenvalue weighted by molar-refractivity contribution is 6.54. The SMILES string of the molecule is O=C(NCCc1ccccc1)c1cccc(NC2=C(Cl)C(=O)N(c3cc(Cl)c(Cl)cc3Cl)C2=O)c1. The van der Waals surface area contributed by atoms with Gasteiger partial charge in [-0.3, -0.25) is 14.4 Å². The Balaban J connectivity index is 1.48. The molecule has 178 valence electrons. The summed E-state index contributed by atoms with van der Waals surface area (Å²) < 4.78 is 0. The van der Waals surface area contributed by atoms with Crippen molar-refractivity contribution >= 4 is 75.5 Å². The van der Waals surface area contributed by atoms with E-state index >= 15 is 0 Å². The minimum absolute atomic E-state index is 0.0533. The third-order valence-electron chi connectivity index (χ3n) is 5.19. The lowest BCUT2D eigenvalue weighted by molar-refractivity contribution is -0.120. The van der Waals surface area contributed by atoms with Gasteiger partial charge in [0.25, 0.3) is 17.7 Å². The lowest BCUT2D eigenvalue weighted by atomic mass is 10.1. The number of hydrogen-bond acceptors (Lipinski definition) is 4. The van der Waals surface area contributed by atoms with Gasteiger partial charge in [0.2, 0.25) is 0 Å². The van der Waals surface area contributed by atoms with Crippen LogP contribution in [-0.2, 0) is 16.0 Å². The van der Waals surface area contributed by atoms with Gasteiger partial charge < -0.3 is 10.6 Å². The Kier molecular flexibility index (Phi) is 7.67. The van der Waals surface area contributed by atoms with Crippen molar-refractivity contribution in [3.8, 4) is 0 Å². The third kappa shape index (κ3) is 5.46. The average Bonchev–Trinajstić information content (AvgIpc) is 3.05. The van der Waals surface area contributed by atoms with Gasteiger partial charge in [-0.25, -0.2) is 4.90 Å². The second-order valence-corrected chi connectivity index (χ2v) is 9.15. The molecular weight excluding hydrogens is 532 g/mol. The molecule has 4 rings (SSSR count). The van der Waals surface area contributed by atoms with Crippen molar-refractivity contribution in [2.75, 3.05) is 16.8 Å². The number of amides is 3. The molecule has 0 aliphatic carbocycles. The molecule has 3 aromatic rings. The maximum absolute atomic E-state index is 13.1. The summed E-state index contributed by atoms with van der Waals surface area (Å²) in [5.74, 6) is -1.77. The van der Waals surface area contributed by atoms with Crippen LogP contribution >= 0.6 is 46.4 Å². The fraction of sp³-hybridized carbons (Fsp3) is 0.0800. The molecule has 0 radical (unpaired) electrons. The Morgan fingerprint density at radius 1 is 0.800 bits per heavy atom. The predicted molar refractivity (Wildman–Crippen MR) is 139 cm³/mol. The average molecular weight is 549 g/mol.